The lowest BCUT2D eigenvalue weighted by molar-refractivity contribution is 0.0613. The van der Waals surface area contributed by atoms with Crippen LogP contribution < -0.4 is 0 Å². The third-order valence-corrected chi connectivity index (χ3v) is 8.44. The Hall–Kier alpha value is -0.900. The van der Waals surface area contributed by atoms with E-state index >= 15 is 0 Å². The fraction of sp³-hybridized carbons (Fsp3) is 0.778. The topological polar surface area (TPSA) is 60.7 Å². The van der Waals surface area contributed by atoms with E-state index in [9.17, 15) is 15.3 Å². The maximum absolute atomic E-state index is 10.2. The summed E-state index contributed by atoms with van der Waals surface area (Å²) in [5.74, 6) is 2.06. The summed E-state index contributed by atoms with van der Waals surface area (Å²) in [6.45, 7) is 10.8. The highest BCUT2D eigenvalue weighted by Gasteiger charge is 2.49. The van der Waals surface area contributed by atoms with Gasteiger partial charge in [0.15, 0.2) is 0 Å². The van der Waals surface area contributed by atoms with Gasteiger partial charge < -0.3 is 15.3 Å². The Morgan fingerprint density at radius 2 is 1.97 bits per heavy atom. The lowest BCUT2D eigenvalue weighted by Gasteiger charge is -2.43. The fourth-order valence-electron chi connectivity index (χ4n) is 6.58. The van der Waals surface area contributed by atoms with Crippen LogP contribution in [-0.4, -0.2) is 33.1 Å². The Labute approximate surface area is 184 Å². The lowest BCUT2D eigenvalue weighted by Crippen LogP contribution is -2.35. The average molecular weight is 417 g/mol. The second-order valence-electron chi connectivity index (χ2n) is 11.3. The van der Waals surface area contributed by atoms with E-state index in [0.29, 0.717) is 30.1 Å². The molecule has 1 saturated carbocycles. The highest BCUT2D eigenvalue weighted by atomic mass is 16.3. The SMILES string of the molecule is CC1=C(/C=C/C2=CCCC3(C)C2CCC3C(C)CCCC(C)(C)O)CC(O)CC1O. The summed E-state index contributed by atoms with van der Waals surface area (Å²) < 4.78 is 0. The van der Waals surface area contributed by atoms with Gasteiger partial charge in [0.2, 0.25) is 0 Å². The Kier molecular flexibility index (Phi) is 7.37. The molecule has 0 amide bonds. The number of allylic oxidation sites excluding steroid dienone is 4. The predicted octanol–water partition coefficient (Wildman–Crippen LogP) is 5.70. The molecule has 6 atom stereocenters. The first-order valence-electron chi connectivity index (χ1n) is 12.2. The van der Waals surface area contributed by atoms with Crippen LogP contribution in [0.25, 0.3) is 0 Å². The summed E-state index contributed by atoms with van der Waals surface area (Å²) in [5.41, 5.74) is 3.38. The van der Waals surface area contributed by atoms with Crippen LogP contribution >= 0.6 is 0 Å². The van der Waals surface area contributed by atoms with Gasteiger partial charge in [-0.15, -0.1) is 0 Å². The molecule has 170 valence electrons. The first-order chi connectivity index (χ1) is 14.0. The maximum Gasteiger partial charge on any atom is 0.0777 e. The summed E-state index contributed by atoms with van der Waals surface area (Å²) in [7, 11) is 0. The largest absolute Gasteiger partial charge is 0.393 e. The van der Waals surface area contributed by atoms with Crippen molar-refractivity contribution in [1.29, 1.82) is 0 Å². The summed E-state index contributed by atoms with van der Waals surface area (Å²) in [6, 6.07) is 0. The summed E-state index contributed by atoms with van der Waals surface area (Å²) in [5, 5.41) is 30.3. The van der Waals surface area contributed by atoms with Crippen LogP contribution in [0.3, 0.4) is 0 Å². The van der Waals surface area contributed by atoms with Gasteiger partial charge in [-0.1, -0.05) is 44.9 Å². The van der Waals surface area contributed by atoms with Crippen molar-refractivity contribution in [3.63, 3.8) is 0 Å². The van der Waals surface area contributed by atoms with Gasteiger partial charge in [0.05, 0.1) is 17.8 Å². The smallest absolute Gasteiger partial charge is 0.0777 e. The number of aliphatic hydroxyl groups excluding tert-OH is 2. The van der Waals surface area contributed by atoms with Gasteiger partial charge >= 0.3 is 0 Å². The van der Waals surface area contributed by atoms with Crippen molar-refractivity contribution in [3.8, 4) is 0 Å². The molecule has 3 rings (SSSR count). The monoisotopic (exact) mass is 416 g/mol. The van der Waals surface area contributed by atoms with E-state index in [2.05, 4.69) is 32.1 Å². The highest BCUT2D eigenvalue weighted by Crippen LogP contribution is 2.58. The zero-order chi connectivity index (χ0) is 22.1. The Morgan fingerprint density at radius 3 is 2.67 bits per heavy atom. The van der Waals surface area contributed by atoms with Gasteiger partial charge in [0, 0.05) is 6.42 Å². The second-order valence-corrected chi connectivity index (χ2v) is 11.3. The molecule has 3 heteroatoms. The molecule has 3 aliphatic carbocycles. The average Bonchev–Trinajstić information content (AvgIpc) is 3.00. The molecule has 0 aromatic carbocycles. The molecular formula is C27H44O3. The number of hydrogen-bond donors (Lipinski definition) is 3. The summed E-state index contributed by atoms with van der Waals surface area (Å²) in [6.07, 6.45) is 15.2. The molecule has 0 aromatic heterocycles. The van der Waals surface area contributed by atoms with Gasteiger partial charge in [0.1, 0.15) is 0 Å². The van der Waals surface area contributed by atoms with Crippen molar-refractivity contribution in [2.45, 2.75) is 110 Å². The molecule has 0 radical (unpaired) electrons. The molecule has 3 nitrogen and oxygen atoms in total. The molecule has 1 fully saturated rings. The molecule has 3 N–H and O–H groups in total. The quantitative estimate of drug-likeness (QED) is 0.498. The fourth-order valence-corrected chi connectivity index (χ4v) is 6.58. The van der Waals surface area contributed by atoms with Gasteiger partial charge in [0.25, 0.3) is 0 Å². The molecule has 3 aliphatic rings. The standard InChI is InChI=1S/C27H44O3/c1-18(8-6-14-26(3,4)30)23-12-13-24-20(9-7-15-27(23,24)5)10-11-21-16-22(28)17-25(29)19(21)2/h9-11,18,22-25,28-30H,6-8,12-17H2,1-5H3/b11-10+. The van der Waals surface area contributed by atoms with E-state index in [4.69, 9.17) is 0 Å². The van der Waals surface area contributed by atoms with Crippen LogP contribution in [0.4, 0.5) is 0 Å². The minimum atomic E-state index is -0.555. The molecular weight excluding hydrogens is 372 g/mol. The molecule has 6 unspecified atom stereocenters. The first kappa shape index (κ1) is 23.8. The number of aliphatic hydroxyl groups is 3. The van der Waals surface area contributed by atoms with Crippen molar-refractivity contribution in [2.75, 3.05) is 0 Å². The lowest BCUT2D eigenvalue weighted by atomic mass is 9.62. The van der Waals surface area contributed by atoms with E-state index < -0.39 is 17.8 Å². The van der Waals surface area contributed by atoms with E-state index in [1.165, 1.54) is 31.3 Å². The zero-order valence-corrected chi connectivity index (χ0v) is 19.8. The minimum Gasteiger partial charge on any atom is -0.393 e. The van der Waals surface area contributed by atoms with Crippen molar-refractivity contribution < 1.29 is 15.3 Å². The van der Waals surface area contributed by atoms with Crippen LogP contribution in [0.2, 0.25) is 0 Å². The second kappa shape index (κ2) is 9.30. The third-order valence-electron chi connectivity index (χ3n) is 8.44. The molecule has 0 heterocycles. The minimum absolute atomic E-state index is 0.359. The number of hydrogen-bond acceptors (Lipinski definition) is 3. The van der Waals surface area contributed by atoms with Crippen molar-refractivity contribution in [1.82, 2.24) is 0 Å². The van der Waals surface area contributed by atoms with Gasteiger partial charge in [-0.3, -0.25) is 0 Å². The van der Waals surface area contributed by atoms with Gasteiger partial charge in [-0.2, -0.15) is 0 Å². The van der Waals surface area contributed by atoms with Gasteiger partial charge in [-0.05, 0) is 99.2 Å². The molecule has 0 aromatic rings. The van der Waals surface area contributed by atoms with Gasteiger partial charge in [-0.25, -0.2) is 0 Å². The van der Waals surface area contributed by atoms with Crippen LogP contribution in [0.15, 0.2) is 34.9 Å². The van der Waals surface area contributed by atoms with E-state index in [-0.39, 0.29) is 0 Å². The molecule has 0 spiro atoms. The highest BCUT2D eigenvalue weighted by molar-refractivity contribution is 5.37. The van der Waals surface area contributed by atoms with Crippen molar-refractivity contribution >= 4 is 0 Å². The Morgan fingerprint density at radius 1 is 1.23 bits per heavy atom. The van der Waals surface area contributed by atoms with Crippen LogP contribution in [0, 0.1) is 23.2 Å². The van der Waals surface area contributed by atoms with E-state index in [0.717, 1.165) is 36.3 Å². The number of rotatable bonds is 7. The molecule has 30 heavy (non-hydrogen) atoms. The van der Waals surface area contributed by atoms with E-state index in [1.54, 1.807) is 0 Å². The maximum atomic E-state index is 10.2. The molecule has 0 saturated heterocycles. The first-order valence-corrected chi connectivity index (χ1v) is 12.2. The Balaban J connectivity index is 1.68. The molecule has 0 bridgehead atoms. The number of fused-ring (bicyclic) bond motifs is 1. The summed E-state index contributed by atoms with van der Waals surface area (Å²) >= 11 is 0. The van der Waals surface area contributed by atoms with Crippen LogP contribution in [0.1, 0.15) is 92.4 Å². The summed E-state index contributed by atoms with van der Waals surface area (Å²) in [4.78, 5) is 0. The Bertz CT molecular complexity index is 695. The zero-order valence-electron chi connectivity index (χ0n) is 19.8. The van der Waals surface area contributed by atoms with Crippen molar-refractivity contribution in [2.24, 2.45) is 23.2 Å². The van der Waals surface area contributed by atoms with E-state index in [1.807, 2.05) is 20.8 Å². The van der Waals surface area contributed by atoms with Crippen molar-refractivity contribution in [3.05, 3.63) is 34.9 Å². The van der Waals surface area contributed by atoms with Crippen LogP contribution in [0.5, 0.6) is 0 Å². The van der Waals surface area contributed by atoms with Crippen LogP contribution in [-0.2, 0) is 0 Å². The molecule has 0 aliphatic heterocycles. The predicted molar refractivity (Wildman–Crippen MR) is 124 cm³/mol. The third kappa shape index (κ3) is 5.29. The normalized spacial score (nSPS) is 36.2.